The van der Waals surface area contributed by atoms with Gasteiger partial charge in [-0.25, -0.2) is 0 Å². The molecule has 0 aliphatic heterocycles. The Bertz CT molecular complexity index is 195. The van der Waals surface area contributed by atoms with Crippen LogP contribution in [0.4, 0.5) is 0 Å². The predicted molar refractivity (Wildman–Crippen MR) is 58.8 cm³/mol. The highest BCUT2D eigenvalue weighted by Crippen LogP contribution is 2.26. The Morgan fingerprint density at radius 2 is 2.29 bits per heavy atom. The third-order valence-corrected chi connectivity index (χ3v) is 3.29. The second-order valence-electron chi connectivity index (χ2n) is 4.58. The van der Waals surface area contributed by atoms with Gasteiger partial charge >= 0.3 is 0 Å². The molecule has 80 valence electrons. The summed E-state index contributed by atoms with van der Waals surface area (Å²) in [5, 5.41) is 12.2. The van der Waals surface area contributed by atoms with Crippen LogP contribution in [0, 0.1) is 23.2 Å². The Morgan fingerprint density at radius 1 is 1.50 bits per heavy atom. The number of hydrogen-bond donors (Lipinski definition) is 1. The van der Waals surface area contributed by atoms with Crippen molar-refractivity contribution in [2.75, 3.05) is 6.54 Å². The zero-order valence-corrected chi connectivity index (χ0v) is 9.42. The first kappa shape index (κ1) is 11.5. The smallest absolute Gasteiger partial charge is 0.0666 e. The molecule has 1 fully saturated rings. The van der Waals surface area contributed by atoms with Crippen LogP contribution < -0.4 is 5.32 Å². The van der Waals surface area contributed by atoms with Gasteiger partial charge in [0.1, 0.15) is 0 Å². The van der Waals surface area contributed by atoms with Crippen molar-refractivity contribution >= 4 is 0 Å². The minimum atomic E-state index is 0.150. The van der Waals surface area contributed by atoms with E-state index in [-0.39, 0.29) is 5.92 Å². The second-order valence-corrected chi connectivity index (χ2v) is 4.58. The summed E-state index contributed by atoms with van der Waals surface area (Å²) in [6.07, 6.45) is 6.69. The molecule has 0 amide bonds. The van der Waals surface area contributed by atoms with Gasteiger partial charge in [0.05, 0.1) is 12.0 Å². The molecule has 1 saturated carbocycles. The van der Waals surface area contributed by atoms with Gasteiger partial charge in [0.2, 0.25) is 0 Å². The molecule has 0 radical (unpaired) electrons. The fourth-order valence-corrected chi connectivity index (χ4v) is 2.24. The van der Waals surface area contributed by atoms with E-state index in [4.69, 9.17) is 5.26 Å². The summed E-state index contributed by atoms with van der Waals surface area (Å²) in [5.74, 6) is 1.07. The zero-order chi connectivity index (χ0) is 10.4. The molecule has 3 unspecified atom stereocenters. The van der Waals surface area contributed by atoms with Gasteiger partial charge in [-0.3, -0.25) is 0 Å². The van der Waals surface area contributed by atoms with Crippen LogP contribution >= 0.6 is 0 Å². The van der Waals surface area contributed by atoms with Crippen LogP contribution in [0.3, 0.4) is 0 Å². The van der Waals surface area contributed by atoms with Crippen LogP contribution in [0.15, 0.2) is 0 Å². The van der Waals surface area contributed by atoms with Crippen LogP contribution in [-0.2, 0) is 0 Å². The number of hydrogen-bond acceptors (Lipinski definition) is 2. The van der Waals surface area contributed by atoms with Crippen LogP contribution in [0.1, 0.15) is 46.0 Å². The lowest BCUT2D eigenvalue weighted by Gasteiger charge is -2.29. The molecule has 0 heterocycles. The average molecular weight is 194 g/mol. The summed E-state index contributed by atoms with van der Waals surface area (Å²) in [5.41, 5.74) is 0. The lowest BCUT2D eigenvalue weighted by Crippen LogP contribution is -2.36. The standard InChI is InChI=1S/C12H22N2/c1-3-11-5-4-6-12(7-11)14-9-10(2)8-13/h10-12,14H,3-7,9H2,1-2H3. The molecule has 0 aromatic heterocycles. The molecular formula is C12H22N2. The molecule has 3 atom stereocenters. The van der Waals surface area contributed by atoms with Gasteiger partial charge in [-0.15, -0.1) is 0 Å². The maximum atomic E-state index is 8.67. The van der Waals surface area contributed by atoms with E-state index in [0.717, 1.165) is 12.5 Å². The molecule has 1 aliphatic rings. The molecule has 0 aromatic rings. The molecule has 1 rings (SSSR count). The molecule has 0 saturated heterocycles. The minimum Gasteiger partial charge on any atom is -0.313 e. The normalized spacial score (nSPS) is 29.5. The summed E-state index contributed by atoms with van der Waals surface area (Å²) in [6.45, 7) is 5.12. The van der Waals surface area contributed by atoms with Gasteiger partial charge in [-0.1, -0.05) is 26.2 Å². The number of nitriles is 1. The van der Waals surface area contributed by atoms with Crippen LogP contribution in [0.2, 0.25) is 0 Å². The van der Waals surface area contributed by atoms with Gasteiger partial charge in [0.25, 0.3) is 0 Å². The summed E-state index contributed by atoms with van der Waals surface area (Å²) in [7, 11) is 0. The third kappa shape index (κ3) is 3.67. The van der Waals surface area contributed by atoms with E-state index in [9.17, 15) is 0 Å². The highest BCUT2D eigenvalue weighted by molar-refractivity contribution is 4.83. The SMILES string of the molecule is CCC1CCCC(NCC(C)C#N)C1. The maximum Gasteiger partial charge on any atom is 0.0666 e. The van der Waals surface area contributed by atoms with Crippen molar-refractivity contribution in [1.82, 2.24) is 5.32 Å². The van der Waals surface area contributed by atoms with Crippen LogP contribution in [-0.4, -0.2) is 12.6 Å². The number of nitrogens with zero attached hydrogens (tertiary/aromatic N) is 1. The van der Waals surface area contributed by atoms with E-state index < -0.39 is 0 Å². The Morgan fingerprint density at radius 3 is 2.93 bits per heavy atom. The van der Waals surface area contributed by atoms with Gasteiger partial charge in [0, 0.05) is 12.6 Å². The molecule has 1 aliphatic carbocycles. The first-order chi connectivity index (χ1) is 6.76. The van der Waals surface area contributed by atoms with E-state index >= 15 is 0 Å². The molecule has 1 N–H and O–H groups in total. The molecule has 0 bridgehead atoms. The van der Waals surface area contributed by atoms with Crippen molar-refractivity contribution in [1.29, 1.82) is 5.26 Å². The van der Waals surface area contributed by atoms with E-state index in [0.29, 0.717) is 6.04 Å². The van der Waals surface area contributed by atoms with Crippen molar-refractivity contribution in [3.63, 3.8) is 0 Å². The second kappa shape index (κ2) is 6.03. The number of nitrogens with one attached hydrogen (secondary N) is 1. The zero-order valence-electron chi connectivity index (χ0n) is 9.42. The van der Waals surface area contributed by atoms with Gasteiger partial charge < -0.3 is 5.32 Å². The lowest BCUT2D eigenvalue weighted by atomic mass is 9.84. The molecule has 2 heteroatoms. The Balaban J connectivity index is 2.21. The van der Waals surface area contributed by atoms with Crippen LogP contribution in [0.25, 0.3) is 0 Å². The van der Waals surface area contributed by atoms with Crippen LogP contribution in [0.5, 0.6) is 0 Å². The lowest BCUT2D eigenvalue weighted by molar-refractivity contribution is 0.276. The maximum absolute atomic E-state index is 8.67. The predicted octanol–water partition coefficient (Wildman–Crippen LogP) is 2.70. The first-order valence-corrected chi connectivity index (χ1v) is 5.89. The van der Waals surface area contributed by atoms with Gasteiger partial charge in [-0.2, -0.15) is 5.26 Å². The first-order valence-electron chi connectivity index (χ1n) is 5.89. The highest BCUT2D eigenvalue weighted by atomic mass is 14.9. The topological polar surface area (TPSA) is 35.8 Å². The summed E-state index contributed by atoms with van der Waals surface area (Å²) < 4.78 is 0. The van der Waals surface area contributed by atoms with E-state index in [1.807, 2.05) is 6.92 Å². The molecular weight excluding hydrogens is 172 g/mol. The van der Waals surface area contributed by atoms with E-state index in [2.05, 4.69) is 18.3 Å². The Labute approximate surface area is 87.7 Å². The highest BCUT2D eigenvalue weighted by Gasteiger charge is 2.20. The van der Waals surface area contributed by atoms with Crippen molar-refractivity contribution in [3.05, 3.63) is 0 Å². The average Bonchev–Trinajstić information content (AvgIpc) is 2.26. The molecule has 14 heavy (non-hydrogen) atoms. The van der Waals surface area contributed by atoms with E-state index in [1.165, 1.54) is 32.1 Å². The van der Waals surface area contributed by atoms with Crippen molar-refractivity contribution < 1.29 is 0 Å². The largest absolute Gasteiger partial charge is 0.313 e. The monoisotopic (exact) mass is 194 g/mol. The van der Waals surface area contributed by atoms with Crippen molar-refractivity contribution in [2.45, 2.75) is 52.0 Å². The minimum absolute atomic E-state index is 0.150. The summed E-state index contributed by atoms with van der Waals surface area (Å²) in [4.78, 5) is 0. The molecule has 0 spiro atoms. The third-order valence-electron chi connectivity index (χ3n) is 3.29. The van der Waals surface area contributed by atoms with Gasteiger partial charge in [-0.05, 0) is 25.7 Å². The summed E-state index contributed by atoms with van der Waals surface area (Å²) in [6, 6.07) is 2.94. The fourth-order valence-electron chi connectivity index (χ4n) is 2.24. The van der Waals surface area contributed by atoms with E-state index in [1.54, 1.807) is 0 Å². The summed E-state index contributed by atoms with van der Waals surface area (Å²) >= 11 is 0. The van der Waals surface area contributed by atoms with Gasteiger partial charge in [0.15, 0.2) is 0 Å². The Hall–Kier alpha value is -0.550. The van der Waals surface area contributed by atoms with Crippen molar-refractivity contribution in [2.24, 2.45) is 11.8 Å². The fraction of sp³-hybridized carbons (Fsp3) is 0.917. The molecule has 2 nitrogen and oxygen atoms in total. The number of rotatable bonds is 4. The quantitative estimate of drug-likeness (QED) is 0.747. The Kier molecular flexibility index (Phi) is 4.97. The molecule has 0 aromatic carbocycles. The van der Waals surface area contributed by atoms with Crippen molar-refractivity contribution in [3.8, 4) is 6.07 Å².